The van der Waals surface area contributed by atoms with E-state index in [-0.39, 0.29) is 22.5 Å². The first-order valence-corrected chi connectivity index (χ1v) is 7.46. The van der Waals surface area contributed by atoms with Crippen LogP contribution in [0.4, 0.5) is 8.78 Å². The maximum Gasteiger partial charge on any atom is 0.284 e. The molecule has 2 heterocycles. The molecule has 0 N–H and O–H groups in total. The molecule has 0 spiro atoms. The van der Waals surface area contributed by atoms with Crippen molar-refractivity contribution in [2.45, 2.75) is 17.4 Å². The van der Waals surface area contributed by atoms with Gasteiger partial charge >= 0.3 is 0 Å². The van der Waals surface area contributed by atoms with E-state index >= 15 is 0 Å². The van der Waals surface area contributed by atoms with Crippen LogP contribution in [0, 0.1) is 11.6 Å². The number of carbonyl (C=O) groups excluding carboxylic acids is 1. The Morgan fingerprint density at radius 3 is 2.74 bits per heavy atom. The molecule has 0 aliphatic rings. The van der Waals surface area contributed by atoms with Crippen LogP contribution in [-0.2, 0) is 0 Å². The summed E-state index contributed by atoms with van der Waals surface area (Å²) in [6.45, 7) is 1.62. The van der Waals surface area contributed by atoms with Gasteiger partial charge in [0.15, 0.2) is 23.2 Å². The van der Waals surface area contributed by atoms with E-state index in [1.807, 2.05) is 0 Å². The highest BCUT2D eigenvalue weighted by atomic mass is 32.2. The molecule has 0 aliphatic heterocycles. The summed E-state index contributed by atoms with van der Waals surface area (Å²) >= 11 is 1.03. The van der Waals surface area contributed by atoms with Crippen molar-refractivity contribution in [1.29, 1.82) is 0 Å². The molecule has 0 unspecified atom stereocenters. The van der Waals surface area contributed by atoms with Crippen molar-refractivity contribution in [1.82, 2.24) is 10.2 Å². The second-order valence-corrected chi connectivity index (χ2v) is 5.90. The van der Waals surface area contributed by atoms with E-state index in [0.717, 1.165) is 23.9 Å². The molecule has 0 saturated heterocycles. The molecule has 5 nitrogen and oxygen atoms in total. The monoisotopic (exact) mass is 336 g/mol. The highest BCUT2D eigenvalue weighted by molar-refractivity contribution is 8.00. The van der Waals surface area contributed by atoms with Gasteiger partial charge in [0.2, 0.25) is 0 Å². The number of furan rings is 1. The number of aromatic nitrogens is 2. The standard InChI is InChI=1S/C15H10F2N2O3S/c1-8(13(20)9-4-5-10(16)11(17)7-9)23-15-19-18-14(22-15)12-3-2-6-21-12/h2-8H,1H3/t8-/m0/s1. The summed E-state index contributed by atoms with van der Waals surface area (Å²) in [5, 5.41) is 7.21. The van der Waals surface area contributed by atoms with Crippen molar-refractivity contribution in [3.63, 3.8) is 0 Å². The van der Waals surface area contributed by atoms with Crippen molar-refractivity contribution in [2.75, 3.05) is 0 Å². The van der Waals surface area contributed by atoms with E-state index in [1.54, 1.807) is 19.1 Å². The van der Waals surface area contributed by atoms with E-state index < -0.39 is 16.9 Å². The largest absolute Gasteiger partial charge is 0.459 e. The quantitative estimate of drug-likeness (QED) is 0.519. The number of carbonyl (C=O) groups is 1. The summed E-state index contributed by atoms with van der Waals surface area (Å²) in [6.07, 6.45) is 1.47. The minimum Gasteiger partial charge on any atom is -0.459 e. The average Bonchev–Trinajstić information content (AvgIpc) is 3.20. The molecule has 3 aromatic rings. The van der Waals surface area contributed by atoms with E-state index in [9.17, 15) is 13.6 Å². The highest BCUT2D eigenvalue weighted by Crippen LogP contribution is 2.28. The van der Waals surface area contributed by atoms with Crippen molar-refractivity contribution in [3.05, 3.63) is 53.8 Å². The molecule has 8 heteroatoms. The van der Waals surface area contributed by atoms with E-state index in [4.69, 9.17) is 8.83 Å². The number of benzene rings is 1. The second-order valence-electron chi connectivity index (χ2n) is 4.60. The molecular weight excluding hydrogens is 326 g/mol. The van der Waals surface area contributed by atoms with Crippen LogP contribution in [-0.4, -0.2) is 21.2 Å². The van der Waals surface area contributed by atoms with Crippen LogP contribution in [0.25, 0.3) is 11.7 Å². The van der Waals surface area contributed by atoms with Crippen molar-refractivity contribution < 1.29 is 22.4 Å². The van der Waals surface area contributed by atoms with E-state index in [2.05, 4.69) is 10.2 Å². The lowest BCUT2D eigenvalue weighted by Crippen LogP contribution is -2.14. The van der Waals surface area contributed by atoms with Gasteiger partial charge in [-0.15, -0.1) is 10.2 Å². The molecule has 1 aromatic carbocycles. The molecule has 0 fully saturated rings. The van der Waals surface area contributed by atoms with E-state index in [0.29, 0.717) is 5.76 Å². The van der Waals surface area contributed by atoms with Crippen molar-refractivity contribution in [3.8, 4) is 11.7 Å². The molecule has 23 heavy (non-hydrogen) atoms. The number of rotatable bonds is 5. The van der Waals surface area contributed by atoms with Gasteiger partial charge in [-0.3, -0.25) is 4.79 Å². The minimum atomic E-state index is -1.06. The predicted molar refractivity (Wildman–Crippen MR) is 78.0 cm³/mol. The predicted octanol–water partition coefficient (Wildman–Crippen LogP) is 3.97. The third-order valence-corrected chi connectivity index (χ3v) is 3.92. The lowest BCUT2D eigenvalue weighted by molar-refractivity contribution is 0.0993. The number of Topliss-reactive ketones (excluding diaryl/α,β-unsaturated/α-hetero) is 1. The minimum absolute atomic E-state index is 0.0784. The second kappa shape index (κ2) is 6.33. The van der Waals surface area contributed by atoms with Gasteiger partial charge in [-0.1, -0.05) is 11.8 Å². The Labute approximate surface area is 133 Å². The molecule has 0 bridgehead atoms. The third-order valence-electron chi connectivity index (χ3n) is 2.99. The topological polar surface area (TPSA) is 69.1 Å². The summed E-state index contributed by atoms with van der Waals surface area (Å²) in [5.41, 5.74) is 0.0784. The Balaban J connectivity index is 1.72. The maximum absolute atomic E-state index is 13.2. The Kier molecular flexibility index (Phi) is 4.24. The lowest BCUT2D eigenvalue weighted by Gasteiger charge is -2.07. The van der Waals surface area contributed by atoms with Crippen LogP contribution in [0.1, 0.15) is 17.3 Å². The van der Waals surface area contributed by atoms with Gasteiger partial charge in [-0.05, 0) is 37.3 Å². The zero-order valence-corrected chi connectivity index (χ0v) is 12.6. The lowest BCUT2D eigenvalue weighted by atomic mass is 10.1. The fraction of sp³-hybridized carbons (Fsp3) is 0.133. The zero-order valence-electron chi connectivity index (χ0n) is 11.8. The Morgan fingerprint density at radius 2 is 2.04 bits per heavy atom. The van der Waals surface area contributed by atoms with Gasteiger partial charge in [-0.2, -0.15) is 0 Å². The number of thioether (sulfide) groups is 1. The molecule has 3 rings (SSSR count). The first-order chi connectivity index (χ1) is 11.0. The van der Waals surface area contributed by atoms with Crippen molar-refractivity contribution >= 4 is 17.5 Å². The smallest absolute Gasteiger partial charge is 0.284 e. The number of hydrogen-bond acceptors (Lipinski definition) is 6. The molecule has 118 valence electrons. The van der Waals surface area contributed by atoms with Crippen LogP contribution in [0.5, 0.6) is 0 Å². The summed E-state index contributed by atoms with van der Waals surface area (Å²) in [6, 6.07) is 6.37. The fourth-order valence-corrected chi connectivity index (χ4v) is 2.61. The van der Waals surface area contributed by atoms with Gasteiger partial charge in [0, 0.05) is 5.56 Å². The van der Waals surface area contributed by atoms with Crippen LogP contribution < -0.4 is 0 Å². The number of nitrogens with zero attached hydrogens (tertiary/aromatic N) is 2. The maximum atomic E-state index is 13.2. The average molecular weight is 336 g/mol. The van der Waals surface area contributed by atoms with Crippen molar-refractivity contribution in [2.24, 2.45) is 0 Å². The highest BCUT2D eigenvalue weighted by Gasteiger charge is 2.21. The molecule has 0 radical (unpaired) electrons. The zero-order chi connectivity index (χ0) is 16.4. The Bertz CT molecular complexity index is 833. The third kappa shape index (κ3) is 3.31. The van der Waals surface area contributed by atoms with Gasteiger partial charge in [-0.25, -0.2) is 8.78 Å². The Morgan fingerprint density at radius 1 is 1.22 bits per heavy atom. The summed E-state index contributed by atoms with van der Waals surface area (Å²) in [7, 11) is 0. The molecule has 0 amide bonds. The summed E-state index contributed by atoms with van der Waals surface area (Å²) < 4.78 is 36.6. The number of ketones is 1. The van der Waals surface area contributed by atoms with Gasteiger partial charge in [0.25, 0.3) is 11.1 Å². The normalized spacial score (nSPS) is 12.3. The van der Waals surface area contributed by atoms with Gasteiger partial charge in [0.05, 0.1) is 11.5 Å². The van der Waals surface area contributed by atoms with Crippen LogP contribution >= 0.6 is 11.8 Å². The summed E-state index contributed by atoms with van der Waals surface area (Å²) in [4.78, 5) is 12.2. The molecule has 0 saturated carbocycles. The van der Waals surface area contributed by atoms with Crippen LogP contribution in [0.3, 0.4) is 0 Å². The fourth-order valence-electron chi connectivity index (χ4n) is 1.85. The summed E-state index contributed by atoms with van der Waals surface area (Å²) in [5.74, 6) is -1.81. The molecular formula is C15H10F2N2O3S. The van der Waals surface area contributed by atoms with E-state index in [1.165, 1.54) is 12.3 Å². The Hall–Kier alpha value is -2.48. The van der Waals surface area contributed by atoms with Gasteiger partial charge < -0.3 is 8.83 Å². The first kappa shape index (κ1) is 15.4. The van der Waals surface area contributed by atoms with Gasteiger partial charge in [0.1, 0.15) is 0 Å². The first-order valence-electron chi connectivity index (χ1n) is 6.58. The number of hydrogen-bond donors (Lipinski definition) is 0. The SMILES string of the molecule is C[C@H](Sc1nnc(-c2ccco2)o1)C(=O)c1ccc(F)c(F)c1. The molecule has 2 aromatic heterocycles. The molecule has 1 atom stereocenters. The van der Waals surface area contributed by atoms with Crippen LogP contribution in [0.15, 0.2) is 50.7 Å². The molecule has 0 aliphatic carbocycles. The number of halogens is 2. The van der Waals surface area contributed by atoms with Crippen LogP contribution in [0.2, 0.25) is 0 Å².